The SMILES string of the molecule is Cc1nc(Cl)cc(C2CC2c2nc3ccccc3n2C)n1. The number of hydrogen-bond acceptors (Lipinski definition) is 3. The summed E-state index contributed by atoms with van der Waals surface area (Å²) in [6, 6.07) is 10.1. The molecule has 0 bridgehead atoms. The Hall–Kier alpha value is -1.94. The van der Waals surface area contributed by atoms with Gasteiger partial charge in [-0.1, -0.05) is 23.7 Å². The number of hydrogen-bond donors (Lipinski definition) is 0. The first-order valence-electron chi connectivity index (χ1n) is 7.06. The number of rotatable bonds is 2. The van der Waals surface area contributed by atoms with Gasteiger partial charge in [0, 0.05) is 24.6 Å². The van der Waals surface area contributed by atoms with E-state index in [4.69, 9.17) is 16.6 Å². The average Bonchev–Trinajstić information content (AvgIpc) is 3.17. The highest BCUT2D eigenvalue weighted by Gasteiger charge is 2.43. The lowest BCUT2D eigenvalue weighted by Crippen LogP contribution is -1.99. The molecule has 0 spiro atoms. The molecule has 0 aliphatic heterocycles. The van der Waals surface area contributed by atoms with Crippen molar-refractivity contribution in [3.8, 4) is 0 Å². The second kappa shape index (κ2) is 4.53. The summed E-state index contributed by atoms with van der Waals surface area (Å²) in [5, 5.41) is 0.521. The molecule has 0 N–H and O–H groups in total. The fourth-order valence-electron chi connectivity index (χ4n) is 3.05. The topological polar surface area (TPSA) is 43.6 Å². The van der Waals surface area contributed by atoms with E-state index in [1.165, 1.54) is 5.52 Å². The molecule has 2 unspecified atom stereocenters. The Labute approximate surface area is 127 Å². The van der Waals surface area contributed by atoms with Gasteiger partial charge in [-0.25, -0.2) is 15.0 Å². The highest BCUT2D eigenvalue weighted by Crippen LogP contribution is 2.54. The maximum absolute atomic E-state index is 6.04. The Morgan fingerprint density at radius 3 is 2.71 bits per heavy atom. The highest BCUT2D eigenvalue weighted by atomic mass is 35.5. The molecule has 1 fully saturated rings. The number of nitrogens with zero attached hydrogens (tertiary/aromatic N) is 4. The van der Waals surface area contributed by atoms with Gasteiger partial charge in [-0.3, -0.25) is 0 Å². The minimum Gasteiger partial charge on any atom is -0.331 e. The Bertz CT molecular complexity index is 819. The summed E-state index contributed by atoms with van der Waals surface area (Å²) in [7, 11) is 2.08. The van der Waals surface area contributed by atoms with Crippen molar-refractivity contribution >= 4 is 22.6 Å². The largest absolute Gasteiger partial charge is 0.331 e. The molecule has 2 aromatic heterocycles. The number of aryl methyl sites for hydroxylation is 2. The summed E-state index contributed by atoms with van der Waals surface area (Å²) in [6.07, 6.45) is 1.07. The zero-order chi connectivity index (χ0) is 14.6. The molecule has 0 amide bonds. The summed E-state index contributed by atoms with van der Waals surface area (Å²) in [5.41, 5.74) is 3.26. The Morgan fingerprint density at radius 1 is 1.14 bits per heavy atom. The maximum Gasteiger partial charge on any atom is 0.133 e. The molecule has 2 heterocycles. The van der Waals surface area contributed by atoms with Crippen molar-refractivity contribution in [3.05, 3.63) is 52.8 Å². The first kappa shape index (κ1) is 12.8. The van der Waals surface area contributed by atoms with Crippen LogP contribution in [0.25, 0.3) is 11.0 Å². The lowest BCUT2D eigenvalue weighted by molar-refractivity contribution is 0.795. The van der Waals surface area contributed by atoms with Crippen LogP contribution < -0.4 is 0 Å². The molecule has 1 saturated carbocycles. The Balaban J connectivity index is 1.71. The van der Waals surface area contributed by atoms with Crippen LogP contribution in [0.1, 0.15) is 35.6 Å². The molecule has 1 aromatic carbocycles. The van der Waals surface area contributed by atoms with Gasteiger partial charge in [0.05, 0.1) is 11.0 Å². The molecule has 0 saturated heterocycles. The second-order valence-corrected chi connectivity index (χ2v) is 6.02. The molecule has 0 radical (unpaired) electrons. The quantitative estimate of drug-likeness (QED) is 0.679. The van der Waals surface area contributed by atoms with Crippen molar-refractivity contribution in [2.45, 2.75) is 25.2 Å². The van der Waals surface area contributed by atoms with Crippen molar-refractivity contribution in [2.75, 3.05) is 0 Å². The van der Waals surface area contributed by atoms with E-state index in [0.29, 0.717) is 17.0 Å². The zero-order valence-corrected chi connectivity index (χ0v) is 12.7. The van der Waals surface area contributed by atoms with E-state index in [2.05, 4.69) is 33.7 Å². The molecule has 2 atom stereocenters. The van der Waals surface area contributed by atoms with Crippen LogP contribution in [0.2, 0.25) is 5.15 Å². The standard InChI is InChI=1S/C16H15ClN4/c1-9-18-13(8-15(17)19-9)10-7-11(10)16-20-12-5-3-4-6-14(12)21(16)2/h3-6,8,10-11H,7H2,1-2H3. The number of aromatic nitrogens is 4. The zero-order valence-electron chi connectivity index (χ0n) is 11.9. The van der Waals surface area contributed by atoms with Gasteiger partial charge >= 0.3 is 0 Å². The first-order chi connectivity index (χ1) is 10.1. The second-order valence-electron chi connectivity index (χ2n) is 5.63. The smallest absolute Gasteiger partial charge is 0.133 e. The molecule has 1 aliphatic rings. The van der Waals surface area contributed by atoms with Gasteiger partial charge < -0.3 is 4.57 Å². The van der Waals surface area contributed by atoms with Gasteiger partial charge in [0.15, 0.2) is 0 Å². The number of halogens is 1. The van der Waals surface area contributed by atoms with E-state index >= 15 is 0 Å². The lowest BCUT2D eigenvalue weighted by Gasteiger charge is -2.03. The fraction of sp³-hybridized carbons (Fsp3) is 0.312. The van der Waals surface area contributed by atoms with Crippen LogP contribution in [-0.4, -0.2) is 19.5 Å². The van der Waals surface area contributed by atoms with E-state index in [1.54, 1.807) is 0 Å². The Morgan fingerprint density at radius 2 is 1.95 bits per heavy atom. The maximum atomic E-state index is 6.04. The van der Waals surface area contributed by atoms with E-state index < -0.39 is 0 Å². The van der Waals surface area contributed by atoms with Crippen LogP contribution in [0, 0.1) is 6.92 Å². The van der Waals surface area contributed by atoms with E-state index in [1.807, 2.05) is 25.1 Å². The predicted molar refractivity (Wildman–Crippen MR) is 82.6 cm³/mol. The Kier molecular flexibility index (Phi) is 2.76. The van der Waals surface area contributed by atoms with E-state index in [9.17, 15) is 0 Å². The molecule has 3 aromatic rings. The normalized spacial score (nSPS) is 20.9. The molecule has 21 heavy (non-hydrogen) atoms. The lowest BCUT2D eigenvalue weighted by atomic mass is 10.2. The van der Waals surface area contributed by atoms with Crippen LogP contribution >= 0.6 is 11.6 Å². The minimum absolute atomic E-state index is 0.403. The summed E-state index contributed by atoms with van der Waals surface area (Å²) in [6.45, 7) is 1.88. The third-order valence-corrected chi connectivity index (χ3v) is 4.34. The molecular formula is C16H15ClN4. The molecule has 4 nitrogen and oxygen atoms in total. The van der Waals surface area contributed by atoms with Crippen molar-refractivity contribution in [1.29, 1.82) is 0 Å². The number of fused-ring (bicyclic) bond motifs is 1. The molecule has 5 heteroatoms. The van der Waals surface area contributed by atoms with Crippen LogP contribution in [-0.2, 0) is 7.05 Å². The summed E-state index contributed by atoms with van der Waals surface area (Å²) < 4.78 is 2.19. The van der Waals surface area contributed by atoms with Gasteiger partial charge in [-0.05, 0) is 31.5 Å². The van der Waals surface area contributed by atoms with Gasteiger partial charge in [0.1, 0.15) is 16.8 Å². The van der Waals surface area contributed by atoms with Crippen molar-refractivity contribution in [3.63, 3.8) is 0 Å². The third kappa shape index (κ3) is 2.10. The van der Waals surface area contributed by atoms with Crippen LogP contribution in [0.5, 0.6) is 0 Å². The van der Waals surface area contributed by atoms with Crippen LogP contribution in [0.3, 0.4) is 0 Å². The third-order valence-electron chi connectivity index (χ3n) is 4.15. The molecular weight excluding hydrogens is 284 g/mol. The first-order valence-corrected chi connectivity index (χ1v) is 7.43. The van der Waals surface area contributed by atoms with Crippen LogP contribution in [0.4, 0.5) is 0 Å². The number of benzene rings is 1. The summed E-state index contributed by atoms with van der Waals surface area (Å²) >= 11 is 6.04. The summed E-state index contributed by atoms with van der Waals surface area (Å²) in [5.74, 6) is 2.69. The molecule has 106 valence electrons. The number of para-hydroxylation sites is 2. The monoisotopic (exact) mass is 298 g/mol. The van der Waals surface area contributed by atoms with E-state index in [0.717, 1.165) is 29.3 Å². The predicted octanol–water partition coefficient (Wildman–Crippen LogP) is 3.60. The van der Waals surface area contributed by atoms with Crippen molar-refractivity contribution in [2.24, 2.45) is 7.05 Å². The summed E-state index contributed by atoms with van der Waals surface area (Å²) in [4.78, 5) is 13.4. The van der Waals surface area contributed by atoms with Gasteiger partial charge in [-0.15, -0.1) is 0 Å². The van der Waals surface area contributed by atoms with Crippen LogP contribution in [0.15, 0.2) is 30.3 Å². The fourth-order valence-corrected chi connectivity index (χ4v) is 3.28. The van der Waals surface area contributed by atoms with Gasteiger partial charge in [0.2, 0.25) is 0 Å². The highest BCUT2D eigenvalue weighted by molar-refractivity contribution is 6.29. The average molecular weight is 299 g/mol. The van der Waals surface area contributed by atoms with E-state index in [-0.39, 0.29) is 0 Å². The minimum atomic E-state index is 0.403. The van der Waals surface area contributed by atoms with Crippen molar-refractivity contribution in [1.82, 2.24) is 19.5 Å². The van der Waals surface area contributed by atoms with Gasteiger partial charge in [-0.2, -0.15) is 0 Å². The molecule has 1 aliphatic carbocycles. The molecule has 4 rings (SSSR count). The van der Waals surface area contributed by atoms with Crippen molar-refractivity contribution < 1.29 is 0 Å². The number of imidazole rings is 1. The van der Waals surface area contributed by atoms with Gasteiger partial charge in [0.25, 0.3) is 0 Å².